The lowest BCUT2D eigenvalue weighted by molar-refractivity contribution is -0.140. The number of fused-ring (bicyclic) bond motifs is 1. The van der Waals surface area contributed by atoms with E-state index in [4.69, 9.17) is 4.74 Å². The molecule has 0 bridgehead atoms. The van der Waals surface area contributed by atoms with Gasteiger partial charge in [-0.15, -0.1) is 0 Å². The zero-order valence-corrected chi connectivity index (χ0v) is 19.2. The molecule has 0 radical (unpaired) electrons. The van der Waals surface area contributed by atoms with E-state index in [1.807, 2.05) is 0 Å². The van der Waals surface area contributed by atoms with Gasteiger partial charge < -0.3 is 4.74 Å². The Hall–Kier alpha value is -1.45. The molecule has 0 aliphatic heterocycles. The number of hydrogen-bond donors (Lipinski definition) is 0. The number of hydrogen-bond acceptors (Lipinski definition) is 2. The molecule has 0 aromatic heterocycles. The minimum atomic E-state index is -0.675. The Morgan fingerprint density at radius 1 is 0.871 bits per heavy atom. The van der Waals surface area contributed by atoms with Gasteiger partial charge in [0, 0.05) is 17.7 Å². The van der Waals surface area contributed by atoms with Crippen LogP contribution in [0.3, 0.4) is 0 Å². The van der Waals surface area contributed by atoms with Crippen LogP contribution in [-0.2, 0) is 4.79 Å². The van der Waals surface area contributed by atoms with Crippen molar-refractivity contribution in [1.29, 1.82) is 0 Å². The highest BCUT2D eigenvalue weighted by Crippen LogP contribution is 2.49. The van der Waals surface area contributed by atoms with Crippen molar-refractivity contribution >= 4 is 5.97 Å². The fourth-order valence-electron chi connectivity index (χ4n) is 6.83. The summed E-state index contributed by atoms with van der Waals surface area (Å²) in [5.74, 6) is 2.56. The molecule has 31 heavy (non-hydrogen) atoms. The molecule has 3 saturated carbocycles. The summed E-state index contributed by atoms with van der Waals surface area (Å²) in [4.78, 5) is 12.6. The van der Waals surface area contributed by atoms with Gasteiger partial charge in [-0.3, -0.25) is 4.79 Å². The van der Waals surface area contributed by atoms with Crippen molar-refractivity contribution in [1.82, 2.24) is 0 Å². The Morgan fingerprint density at radius 2 is 1.42 bits per heavy atom. The molecule has 3 fully saturated rings. The number of carbonyl (C=O) groups is 1. The molecule has 0 saturated heterocycles. The average molecular weight is 433 g/mol. The molecule has 0 N–H and O–H groups in total. The molecule has 4 heteroatoms. The van der Waals surface area contributed by atoms with E-state index in [2.05, 4.69) is 6.92 Å². The minimum absolute atomic E-state index is 0.0234. The Kier molecular flexibility index (Phi) is 7.33. The predicted molar refractivity (Wildman–Crippen MR) is 119 cm³/mol. The molecular weight excluding hydrogens is 394 g/mol. The quantitative estimate of drug-likeness (QED) is 0.353. The first-order chi connectivity index (χ1) is 14.9. The average Bonchev–Trinajstić information content (AvgIpc) is 2.77. The topological polar surface area (TPSA) is 26.3 Å². The third-order valence-corrected chi connectivity index (χ3v) is 8.70. The van der Waals surface area contributed by atoms with E-state index in [1.165, 1.54) is 58.3 Å². The highest BCUT2D eigenvalue weighted by atomic mass is 19.1. The fourth-order valence-corrected chi connectivity index (χ4v) is 6.83. The molecule has 1 aromatic carbocycles. The summed E-state index contributed by atoms with van der Waals surface area (Å²) in [5, 5.41) is 0. The van der Waals surface area contributed by atoms with Gasteiger partial charge in [-0.25, -0.2) is 8.78 Å². The van der Waals surface area contributed by atoms with Crippen molar-refractivity contribution in [2.45, 2.75) is 90.9 Å². The summed E-state index contributed by atoms with van der Waals surface area (Å²) >= 11 is 0. The highest BCUT2D eigenvalue weighted by Gasteiger charge is 2.39. The Morgan fingerprint density at radius 3 is 2.06 bits per heavy atom. The Bertz CT molecular complexity index is 745. The van der Waals surface area contributed by atoms with Crippen molar-refractivity contribution < 1.29 is 18.3 Å². The van der Waals surface area contributed by atoms with Gasteiger partial charge in [-0.05, 0) is 94.3 Å². The van der Waals surface area contributed by atoms with Crippen LogP contribution in [0, 0.1) is 54.1 Å². The van der Waals surface area contributed by atoms with Gasteiger partial charge in [0.2, 0.25) is 0 Å². The second-order valence-electron chi connectivity index (χ2n) is 10.6. The van der Waals surface area contributed by atoms with Crippen molar-refractivity contribution in [2.75, 3.05) is 0 Å². The molecule has 4 atom stereocenters. The number of ether oxygens (including phenoxy) is 1. The van der Waals surface area contributed by atoms with Gasteiger partial charge in [0.05, 0.1) is 5.92 Å². The summed E-state index contributed by atoms with van der Waals surface area (Å²) in [5.41, 5.74) is -0.0473. The predicted octanol–water partition coefficient (Wildman–Crippen LogP) is 7.62. The third kappa shape index (κ3) is 5.31. The van der Waals surface area contributed by atoms with Gasteiger partial charge in [0.25, 0.3) is 0 Å². The fraction of sp³-hybridized carbons (Fsp3) is 0.741. The zero-order valence-electron chi connectivity index (χ0n) is 19.2. The van der Waals surface area contributed by atoms with Crippen LogP contribution in [0.15, 0.2) is 12.1 Å². The largest absolute Gasteiger partial charge is 0.426 e. The van der Waals surface area contributed by atoms with Gasteiger partial charge >= 0.3 is 5.97 Å². The summed E-state index contributed by atoms with van der Waals surface area (Å²) in [6.45, 7) is 3.69. The first kappa shape index (κ1) is 22.7. The van der Waals surface area contributed by atoms with E-state index in [9.17, 15) is 13.6 Å². The second kappa shape index (κ2) is 10.0. The van der Waals surface area contributed by atoms with E-state index >= 15 is 0 Å². The number of carbonyl (C=O) groups excluding carboxylic acids is 1. The van der Waals surface area contributed by atoms with Crippen LogP contribution < -0.4 is 4.74 Å². The molecule has 4 unspecified atom stereocenters. The first-order valence-electron chi connectivity index (χ1n) is 12.6. The monoisotopic (exact) mass is 432 g/mol. The summed E-state index contributed by atoms with van der Waals surface area (Å²) in [6, 6.07) is 2.21. The number of halogens is 2. The molecule has 0 heterocycles. The molecule has 3 aliphatic rings. The second-order valence-corrected chi connectivity index (χ2v) is 10.6. The Labute approximate surface area is 186 Å². The lowest BCUT2D eigenvalue weighted by Gasteiger charge is -2.45. The van der Waals surface area contributed by atoms with Crippen molar-refractivity contribution in [3.8, 4) is 5.75 Å². The number of esters is 1. The maximum atomic E-state index is 13.7. The van der Waals surface area contributed by atoms with Crippen LogP contribution in [-0.4, -0.2) is 5.97 Å². The Balaban J connectivity index is 1.25. The van der Waals surface area contributed by atoms with Crippen LogP contribution in [0.2, 0.25) is 0 Å². The number of benzene rings is 1. The standard InChI is InChI=1S/C27H38F2O2/c1-3-4-18-5-6-23-14-22(12-11-21(23)13-18)19-7-9-20(10-8-19)27(30)31-24-15-25(28)17(2)26(29)16-24/h15-16,18-23H,3-14H2,1-2H3. The molecule has 4 rings (SSSR count). The molecule has 172 valence electrons. The lowest BCUT2D eigenvalue weighted by atomic mass is 9.60. The first-order valence-corrected chi connectivity index (χ1v) is 12.6. The summed E-state index contributed by atoms with van der Waals surface area (Å²) in [7, 11) is 0. The van der Waals surface area contributed by atoms with Gasteiger partial charge in [0.1, 0.15) is 17.4 Å². The van der Waals surface area contributed by atoms with E-state index < -0.39 is 11.6 Å². The zero-order chi connectivity index (χ0) is 22.0. The van der Waals surface area contributed by atoms with Crippen LogP contribution in [0.25, 0.3) is 0 Å². The van der Waals surface area contributed by atoms with Crippen LogP contribution in [0.1, 0.15) is 89.5 Å². The van der Waals surface area contributed by atoms with Gasteiger partial charge in [0.15, 0.2) is 0 Å². The van der Waals surface area contributed by atoms with E-state index in [0.717, 1.165) is 67.4 Å². The third-order valence-electron chi connectivity index (χ3n) is 8.70. The maximum Gasteiger partial charge on any atom is 0.314 e. The van der Waals surface area contributed by atoms with Gasteiger partial charge in [-0.2, -0.15) is 0 Å². The van der Waals surface area contributed by atoms with Crippen molar-refractivity contribution in [3.63, 3.8) is 0 Å². The van der Waals surface area contributed by atoms with E-state index in [1.54, 1.807) is 0 Å². The number of rotatable bonds is 5. The molecular formula is C27H38F2O2. The highest BCUT2D eigenvalue weighted by molar-refractivity contribution is 5.75. The normalized spacial score (nSPS) is 33.5. The molecule has 2 nitrogen and oxygen atoms in total. The lowest BCUT2D eigenvalue weighted by Crippen LogP contribution is -2.35. The molecule has 0 amide bonds. The minimum Gasteiger partial charge on any atom is -0.426 e. The van der Waals surface area contributed by atoms with Crippen molar-refractivity contribution in [2.24, 2.45) is 35.5 Å². The van der Waals surface area contributed by atoms with Gasteiger partial charge in [-0.1, -0.05) is 26.2 Å². The molecule has 0 spiro atoms. The van der Waals surface area contributed by atoms with Crippen LogP contribution in [0.5, 0.6) is 5.75 Å². The molecule has 1 aromatic rings. The van der Waals surface area contributed by atoms with Crippen LogP contribution in [0.4, 0.5) is 8.78 Å². The SMILES string of the molecule is CCCC1CCC2CC(C3CCC(C(=O)Oc4cc(F)c(C)c(F)c4)CC3)CCC2C1. The maximum absolute atomic E-state index is 13.7. The molecule has 3 aliphatic carbocycles. The van der Waals surface area contributed by atoms with Crippen LogP contribution >= 0.6 is 0 Å². The van der Waals surface area contributed by atoms with Crippen molar-refractivity contribution in [3.05, 3.63) is 29.3 Å². The van der Waals surface area contributed by atoms with E-state index in [-0.39, 0.29) is 23.2 Å². The smallest absolute Gasteiger partial charge is 0.314 e. The summed E-state index contributed by atoms with van der Waals surface area (Å²) in [6.07, 6.45) is 15.1. The van der Waals surface area contributed by atoms with E-state index in [0.29, 0.717) is 0 Å². The summed E-state index contributed by atoms with van der Waals surface area (Å²) < 4.78 is 32.8.